The number of rotatable bonds is 3. The van der Waals surface area contributed by atoms with Crippen LogP contribution in [0.5, 0.6) is 0 Å². The van der Waals surface area contributed by atoms with Gasteiger partial charge in [-0.25, -0.2) is 0 Å². The van der Waals surface area contributed by atoms with Gasteiger partial charge in [0.05, 0.1) is 6.10 Å². The number of nitrogens with one attached hydrogen (secondary N) is 1. The molecule has 1 heterocycles. The van der Waals surface area contributed by atoms with Crippen LogP contribution in [0.1, 0.15) is 36.1 Å². The zero-order valence-electron chi connectivity index (χ0n) is 11.3. The molecule has 2 rings (SSSR count). The highest BCUT2D eigenvalue weighted by Gasteiger charge is 2.32. The fourth-order valence-electron chi connectivity index (χ4n) is 2.90. The molecule has 1 aromatic carbocycles. The van der Waals surface area contributed by atoms with Crippen molar-refractivity contribution < 1.29 is 4.74 Å². The highest BCUT2D eigenvalue weighted by Crippen LogP contribution is 2.34. The molecule has 1 fully saturated rings. The van der Waals surface area contributed by atoms with Crippen molar-refractivity contribution in [3.05, 3.63) is 34.9 Å². The van der Waals surface area contributed by atoms with E-state index in [4.69, 9.17) is 4.74 Å². The summed E-state index contributed by atoms with van der Waals surface area (Å²) in [7, 11) is 2.05. The molecule has 0 spiro atoms. The van der Waals surface area contributed by atoms with Crippen molar-refractivity contribution in [1.29, 1.82) is 0 Å². The Morgan fingerprint density at radius 3 is 2.71 bits per heavy atom. The van der Waals surface area contributed by atoms with E-state index in [-0.39, 0.29) is 0 Å². The zero-order chi connectivity index (χ0) is 12.4. The molecule has 3 atom stereocenters. The third-order valence-electron chi connectivity index (χ3n) is 4.16. The fourth-order valence-corrected chi connectivity index (χ4v) is 2.90. The first-order valence-electron chi connectivity index (χ1n) is 6.50. The summed E-state index contributed by atoms with van der Waals surface area (Å²) < 4.78 is 5.70. The number of benzene rings is 1. The average Bonchev–Trinajstić information content (AvgIpc) is 2.72. The molecule has 3 unspecified atom stereocenters. The van der Waals surface area contributed by atoms with Crippen LogP contribution in [0.3, 0.4) is 0 Å². The van der Waals surface area contributed by atoms with Crippen LogP contribution in [0.4, 0.5) is 0 Å². The Morgan fingerprint density at radius 2 is 2.12 bits per heavy atom. The molecule has 0 aliphatic carbocycles. The van der Waals surface area contributed by atoms with Crippen molar-refractivity contribution in [3.8, 4) is 0 Å². The number of hydrogen-bond acceptors (Lipinski definition) is 2. The normalized spacial score (nSPS) is 26.1. The van der Waals surface area contributed by atoms with Crippen molar-refractivity contribution in [2.45, 2.75) is 39.3 Å². The highest BCUT2D eigenvalue weighted by atomic mass is 16.5. The molecule has 0 saturated carbocycles. The van der Waals surface area contributed by atoms with Gasteiger partial charge in [0.2, 0.25) is 0 Å². The monoisotopic (exact) mass is 233 g/mol. The first-order chi connectivity index (χ1) is 8.15. The second-order valence-corrected chi connectivity index (χ2v) is 5.08. The van der Waals surface area contributed by atoms with Gasteiger partial charge in [0.15, 0.2) is 0 Å². The summed E-state index contributed by atoms with van der Waals surface area (Å²) in [4.78, 5) is 0. The topological polar surface area (TPSA) is 21.3 Å². The molecule has 1 N–H and O–H groups in total. The van der Waals surface area contributed by atoms with Gasteiger partial charge in [0.1, 0.15) is 0 Å². The summed E-state index contributed by atoms with van der Waals surface area (Å²) in [5, 5.41) is 3.48. The molecular weight excluding hydrogens is 210 g/mol. The first kappa shape index (κ1) is 12.6. The van der Waals surface area contributed by atoms with Gasteiger partial charge < -0.3 is 10.1 Å². The van der Waals surface area contributed by atoms with Gasteiger partial charge in [-0.15, -0.1) is 0 Å². The van der Waals surface area contributed by atoms with Gasteiger partial charge in [0.25, 0.3) is 0 Å². The zero-order valence-corrected chi connectivity index (χ0v) is 11.3. The Hall–Kier alpha value is -0.860. The van der Waals surface area contributed by atoms with E-state index in [9.17, 15) is 0 Å². The van der Waals surface area contributed by atoms with Crippen molar-refractivity contribution in [1.82, 2.24) is 5.32 Å². The Balaban J connectivity index is 2.31. The number of ether oxygens (including phenoxy) is 1. The van der Waals surface area contributed by atoms with E-state index in [1.165, 1.54) is 16.7 Å². The molecule has 17 heavy (non-hydrogen) atoms. The molecule has 94 valence electrons. The largest absolute Gasteiger partial charge is 0.378 e. The molecular formula is C15H23NO. The third-order valence-corrected chi connectivity index (χ3v) is 4.16. The van der Waals surface area contributed by atoms with E-state index in [0.29, 0.717) is 18.1 Å². The summed E-state index contributed by atoms with van der Waals surface area (Å²) in [5.41, 5.74) is 4.20. The van der Waals surface area contributed by atoms with Crippen molar-refractivity contribution >= 4 is 0 Å². The van der Waals surface area contributed by atoms with E-state index in [1.807, 2.05) is 0 Å². The van der Waals surface area contributed by atoms with Crippen LogP contribution in [-0.4, -0.2) is 19.8 Å². The minimum absolute atomic E-state index is 0.354. The molecule has 2 nitrogen and oxygen atoms in total. The molecule has 0 amide bonds. The summed E-state index contributed by atoms with van der Waals surface area (Å²) in [6, 6.07) is 6.99. The van der Waals surface area contributed by atoms with Gasteiger partial charge in [-0.3, -0.25) is 0 Å². The summed E-state index contributed by atoms with van der Waals surface area (Å²) in [6.07, 6.45) is 1.51. The first-order valence-corrected chi connectivity index (χ1v) is 6.50. The van der Waals surface area contributed by atoms with Crippen LogP contribution in [0, 0.1) is 19.8 Å². The highest BCUT2D eigenvalue weighted by molar-refractivity contribution is 5.35. The van der Waals surface area contributed by atoms with Gasteiger partial charge in [-0.1, -0.05) is 18.2 Å². The van der Waals surface area contributed by atoms with Crippen LogP contribution < -0.4 is 5.32 Å². The van der Waals surface area contributed by atoms with E-state index < -0.39 is 0 Å². The Morgan fingerprint density at radius 1 is 1.35 bits per heavy atom. The second kappa shape index (κ2) is 5.19. The standard InChI is InChI=1S/C15H23NO/c1-10-6-5-7-13(11(10)2)15(16-4)14-8-9-17-12(14)3/h5-7,12,14-16H,8-9H2,1-4H3. The minimum Gasteiger partial charge on any atom is -0.378 e. The summed E-state index contributed by atoms with van der Waals surface area (Å²) >= 11 is 0. The lowest BCUT2D eigenvalue weighted by atomic mass is 9.85. The molecule has 1 aromatic rings. The molecule has 1 aliphatic heterocycles. The third kappa shape index (κ3) is 2.38. The smallest absolute Gasteiger partial charge is 0.0594 e. The molecule has 0 aromatic heterocycles. The van der Waals surface area contributed by atoms with Crippen LogP contribution in [-0.2, 0) is 4.74 Å². The maximum atomic E-state index is 5.70. The second-order valence-electron chi connectivity index (χ2n) is 5.08. The van der Waals surface area contributed by atoms with E-state index >= 15 is 0 Å². The minimum atomic E-state index is 0.354. The lowest BCUT2D eigenvalue weighted by Gasteiger charge is -2.27. The van der Waals surface area contributed by atoms with Gasteiger partial charge in [-0.2, -0.15) is 0 Å². The fraction of sp³-hybridized carbons (Fsp3) is 0.600. The van der Waals surface area contributed by atoms with Crippen molar-refractivity contribution in [2.24, 2.45) is 5.92 Å². The predicted molar refractivity (Wildman–Crippen MR) is 71.2 cm³/mol. The Labute approximate surface area is 104 Å². The average molecular weight is 233 g/mol. The number of aryl methyl sites for hydroxylation is 1. The van der Waals surface area contributed by atoms with E-state index in [1.54, 1.807) is 0 Å². The van der Waals surface area contributed by atoms with Crippen molar-refractivity contribution in [2.75, 3.05) is 13.7 Å². The van der Waals surface area contributed by atoms with Gasteiger partial charge in [0, 0.05) is 18.6 Å². The lowest BCUT2D eigenvalue weighted by Crippen LogP contribution is -2.30. The SMILES string of the molecule is CNC(c1cccc(C)c1C)C1CCOC1C. The molecule has 1 saturated heterocycles. The van der Waals surface area contributed by atoms with E-state index in [2.05, 4.69) is 51.3 Å². The number of hydrogen-bond donors (Lipinski definition) is 1. The lowest BCUT2D eigenvalue weighted by molar-refractivity contribution is 0.0962. The molecule has 0 bridgehead atoms. The van der Waals surface area contributed by atoms with Crippen LogP contribution in [0.25, 0.3) is 0 Å². The molecule has 1 aliphatic rings. The van der Waals surface area contributed by atoms with Gasteiger partial charge >= 0.3 is 0 Å². The molecule has 0 radical (unpaired) electrons. The predicted octanol–water partition coefficient (Wildman–Crippen LogP) is 2.99. The van der Waals surface area contributed by atoms with Gasteiger partial charge in [-0.05, 0) is 50.9 Å². The van der Waals surface area contributed by atoms with E-state index in [0.717, 1.165) is 13.0 Å². The maximum Gasteiger partial charge on any atom is 0.0594 e. The van der Waals surface area contributed by atoms with Crippen molar-refractivity contribution in [3.63, 3.8) is 0 Å². The maximum absolute atomic E-state index is 5.70. The Bertz CT molecular complexity index is 389. The Kier molecular flexibility index (Phi) is 3.85. The van der Waals surface area contributed by atoms with Crippen LogP contribution in [0.15, 0.2) is 18.2 Å². The molecule has 2 heteroatoms. The summed E-state index contributed by atoms with van der Waals surface area (Å²) in [6.45, 7) is 7.48. The summed E-state index contributed by atoms with van der Waals surface area (Å²) in [5.74, 6) is 0.584. The quantitative estimate of drug-likeness (QED) is 0.866. The van der Waals surface area contributed by atoms with Crippen LogP contribution >= 0.6 is 0 Å². The van der Waals surface area contributed by atoms with Crippen LogP contribution in [0.2, 0.25) is 0 Å².